The molecule has 0 bridgehead atoms. The number of carbonyl (C=O) groups is 2. The molecule has 34 heavy (non-hydrogen) atoms. The maximum absolute atomic E-state index is 12.0. The zero-order chi connectivity index (χ0) is 25.9. The predicted octanol–water partition coefficient (Wildman–Crippen LogP) is 5.09. The lowest BCUT2D eigenvalue weighted by Gasteiger charge is -2.34. The third-order valence-corrected chi connectivity index (χ3v) is 5.56. The molecule has 0 saturated carbocycles. The van der Waals surface area contributed by atoms with Crippen LogP contribution in [0.5, 0.6) is 0 Å². The molecule has 194 valence electrons. The highest BCUT2D eigenvalue weighted by molar-refractivity contribution is 5.71. The summed E-state index contributed by atoms with van der Waals surface area (Å²) in [6.07, 6.45) is 5.79. The van der Waals surface area contributed by atoms with Crippen molar-refractivity contribution < 1.29 is 33.6 Å². The summed E-state index contributed by atoms with van der Waals surface area (Å²) in [7, 11) is 0. The Morgan fingerprint density at radius 3 is 2.00 bits per heavy atom. The van der Waals surface area contributed by atoms with Gasteiger partial charge in [0.2, 0.25) is 0 Å². The maximum atomic E-state index is 12.0. The van der Waals surface area contributed by atoms with Crippen LogP contribution in [0, 0.1) is 16.7 Å². The Balaban J connectivity index is 3.53. The van der Waals surface area contributed by atoms with E-state index in [0.717, 1.165) is 17.6 Å². The molecule has 0 heterocycles. The molecule has 1 aliphatic carbocycles. The van der Waals surface area contributed by atoms with Crippen LogP contribution in [-0.2, 0) is 28.5 Å². The summed E-state index contributed by atoms with van der Waals surface area (Å²) in [5.74, 6) is 0.465. The SMILES string of the molecule is CCOC(=O)COC1=CCC(OCC(=O)OCC)=C(C(C)(C)C)C=C1C(CCCO)C(C)(C)C. The fraction of sp³-hybridized carbons (Fsp3) is 0.704. The molecule has 0 aromatic heterocycles. The van der Waals surface area contributed by atoms with Crippen molar-refractivity contribution in [2.45, 2.75) is 74.7 Å². The molecule has 1 rings (SSSR count). The third-order valence-electron chi connectivity index (χ3n) is 5.56. The van der Waals surface area contributed by atoms with Gasteiger partial charge in [-0.05, 0) is 66.7 Å². The van der Waals surface area contributed by atoms with Gasteiger partial charge in [0.15, 0.2) is 13.2 Å². The van der Waals surface area contributed by atoms with Crippen LogP contribution in [0.2, 0.25) is 0 Å². The normalized spacial score (nSPS) is 15.7. The van der Waals surface area contributed by atoms with Crippen molar-refractivity contribution in [1.82, 2.24) is 0 Å². The number of allylic oxidation sites excluding steroid dienone is 4. The number of hydrogen-bond donors (Lipinski definition) is 1. The Kier molecular flexibility index (Phi) is 11.9. The number of rotatable bonds is 12. The first kappa shape index (κ1) is 29.8. The molecule has 1 N–H and O–H groups in total. The van der Waals surface area contributed by atoms with Crippen LogP contribution in [0.15, 0.2) is 34.8 Å². The summed E-state index contributed by atoms with van der Waals surface area (Å²) in [6, 6.07) is 0. The smallest absolute Gasteiger partial charge is 0.344 e. The lowest BCUT2D eigenvalue weighted by Crippen LogP contribution is -2.26. The van der Waals surface area contributed by atoms with E-state index in [1.165, 1.54) is 0 Å². The molecule has 7 heteroatoms. The Bertz CT molecular complexity index is 776. The minimum Gasteiger partial charge on any atom is -0.486 e. The molecule has 1 aliphatic rings. The van der Waals surface area contributed by atoms with Crippen LogP contribution in [0.1, 0.15) is 74.7 Å². The largest absolute Gasteiger partial charge is 0.486 e. The van der Waals surface area contributed by atoms with Gasteiger partial charge < -0.3 is 24.1 Å². The van der Waals surface area contributed by atoms with E-state index in [9.17, 15) is 14.7 Å². The highest BCUT2D eigenvalue weighted by Crippen LogP contribution is 2.43. The molecule has 0 saturated heterocycles. The van der Waals surface area contributed by atoms with Gasteiger partial charge in [-0.25, -0.2) is 9.59 Å². The number of carbonyl (C=O) groups excluding carboxylic acids is 2. The molecular weight excluding hydrogens is 436 g/mol. The fourth-order valence-corrected chi connectivity index (χ4v) is 3.94. The Hall–Kier alpha value is -2.28. The van der Waals surface area contributed by atoms with Gasteiger partial charge in [0, 0.05) is 13.0 Å². The minimum atomic E-state index is -0.433. The van der Waals surface area contributed by atoms with Crippen LogP contribution in [0.25, 0.3) is 0 Å². The van der Waals surface area contributed by atoms with E-state index >= 15 is 0 Å². The monoisotopic (exact) mass is 480 g/mol. The van der Waals surface area contributed by atoms with Gasteiger partial charge in [-0.3, -0.25) is 0 Å². The molecule has 1 unspecified atom stereocenters. The van der Waals surface area contributed by atoms with Crippen molar-refractivity contribution in [3.63, 3.8) is 0 Å². The first-order chi connectivity index (χ1) is 15.8. The number of hydrogen-bond acceptors (Lipinski definition) is 7. The van der Waals surface area contributed by atoms with Crippen LogP contribution in [0.4, 0.5) is 0 Å². The van der Waals surface area contributed by atoms with E-state index in [0.29, 0.717) is 31.0 Å². The van der Waals surface area contributed by atoms with Gasteiger partial charge >= 0.3 is 11.9 Å². The average Bonchev–Trinajstić information content (AvgIpc) is 2.90. The van der Waals surface area contributed by atoms with Crippen LogP contribution in [0.3, 0.4) is 0 Å². The van der Waals surface area contributed by atoms with Crippen molar-refractivity contribution in [3.8, 4) is 0 Å². The first-order valence-corrected chi connectivity index (χ1v) is 12.2. The highest BCUT2D eigenvalue weighted by atomic mass is 16.6. The average molecular weight is 481 g/mol. The Labute approximate surface area is 205 Å². The molecule has 0 spiro atoms. The van der Waals surface area contributed by atoms with Crippen molar-refractivity contribution in [2.24, 2.45) is 16.7 Å². The van der Waals surface area contributed by atoms with Crippen molar-refractivity contribution in [1.29, 1.82) is 0 Å². The minimum absolute atomic E-state index is 0.0508. The van der Waals surface area contributed by atoms with Crippen LogP contribution >= 0.6 is 0 Å². The molecule has 0 radical (unpaired) electrons. The van der Waals surface area contributed by atoms with Crippen molar-refractivity contribution in [2.75, 3.05) is 33.0 Å². The van der Waals surface area contributed by atoms with E-state index in [1.807, 2.05) is 6.08 Å². The number of aliphatic hydroxyl groups excluding tert-OH is 1. The van der Waals surface area contributed by atoms with Crippen LogP contribution < -0.4 is 0 Å². The molecule has 1 atom stereocenters. The third kappa shape index (κ3) is 9.53. The molecular formula is C27H44O7. The molecule has 0 fully saturated rings. The summed E-state index contributed by atoms with van der Waals surface area (Å²) in [6.45, 7) is 16.6. The standard InChI is InChI=1S/C27H44O7/c1-9-31-24(29)17-33-22-13-14-23(34-18-25(30)32-10-2)21(27(6,7)8)16-19(22)20(12-11-15-28)26(3,4)5/h13,16,20,28H,9-12,14-15,17-18H2,1-8H3. The van der Waals surface area contributed by atoms with Crippen molar-refractivity contribution in [3.05, 3.63) is 34.8 Å². The van der Waals surface area contributed by atoms with Gasteiger partial charge in [-0.1, -0.05) is 41.5 Å². The Morgan fingerprint density at radius 1 is 0.971 bits per heavy atom. The van der Waals surface area contributed by atoms with Gasteiger partial charge in [0.1, 0.15) is 11.5 Å². The van der Waals surface area contributed by atoms with E-state index in [1.54, 1.807) is 13.8 Å². The van der Waals surface area contributed by atoms with E-state index < -0.39 is 11.9 Å². The second-order valence-electron chi connectivity index (χ2n) is 10.4. The zero-order valence-electron chi connectivity index (χ0n) is 22.3. The molecule has 0 aromatic rings. The topological polar surface area (TPSA) is 91.3 Å². The summed E-state index contributed by atoms with van der Waals surface area (Å²) in [5, 5.41) is 9.53. The lowest BCUT2D eigenvalue weighted by atomic mass is 9.72. The summed E-state index contributed by atoms with van der Waals surface area (Å²) in [4.78, 5) is 24.0. The number of esters is 2. The molecule has 0 aromatic carbocycles. The highest BCUT2D eigenvalue weighted by Gasteiger charge is 2.34. The van der Waals surface area contributed by atoms with Gasteiger partial charge in [-0.15, -0.1) is 0 Å². The summed E-state index contributed by atoms with van der Waals surface area (Å²) in [5.41, 5.74) is 1.49. The second kappa shape index (κ2) is 13.6. The first-order valence-electron chi connectivity index (χ1n) is 12.2. The van der Waals surface area contributed by atoms with Gasteiger partial charge in [0.05, 0.1) is 13.2 Å². The van der Waals surface area contributed by atoms with E-state index in [2.05, 4.69) is 47.6 Å². The molecule has 0 amide bonds. The quantitative estimate of drug-likeness (QED) is 0.389. The lowest BCUT2D eigenvalue weighted by molar-refractivity contribution is -0.147. The van der Waals surface area contributed by atoms with Gasteiger partial charge in [-0.2, -0.15) is 0 Å². The van der Waals surface area contributed by atoms with E-state index in [4.69, 9.17) is 18.9 Å². The zero-order valence-corrected chi connectivity index (χ0v) is 22.3. The van der Waals surface area contributed by atoms with Gasteiger partial charge in [0.25, 0.3) is 0 Å². The van der Waals surface area contributed by atoms with Crippen LogP contribution in [-0.4, -0.2) is 50.1 Å². The number of aliphatic hydroxyl groups is 1. The Morgan fingerprint density at radius 2 is 1.53 bits per heavy atom. The summed E-state index contributed by atoms with van der Waals surface area (Å²) >= 11 is 0. The number of ether oxygens (including phenoxy) is 4. The molecule has 7 nitrogen and oxygen atoms in total. The second-order valence-corrected chi connectivity index (χ2v) is 10.4. The maximum Gasteiger partial charge on any atom is 0.344 e. The van der Waals surface area contributed by atoms with E-state index in [-0.39, 0.29) is 43.2 Å². The summed E-state index contributed by atoms with van der Waals surface area (Å²) < 4.78 is 22.0. The van der Waals surface area contributed by atoms with Crippen molar-refractivity contribution >= 4 is 11.9 Å². The predicted molar refractivity (Wildman–Crippen MR) is 132 cm³/mol. The fourth-order valence-electron chi connectivity index (χ4n) is 3.94. The molecule has 0 aliphatic heterocycles.